The fourth-order valence-electron chi connectivity index (χ4n) is 3.40. The van der Waals surface area contributed by atoms with Gasteiger partial charge in [-0.05, 0) is 36.1 Å². The van der Waals surface area contributed by atoms with Gasteiger partial charge in [0.15, 0.2) is 12.6 Å². The Kier molecular flexibility index (Phi) is 8.53. The second kappa shape index (κ2) is 11.6. The number of amides is 1. The van der Waals surface area contributed by atoms with Crippen molar-refractivity contribution in [2.75, 3.05) is 46.4 Å². The number of piperazine rings is 1. The maximum Gasteiger partial charge on any atom is 0.257 e. The zero-order valence-electron chi connectivity index (χ0n) is 17.8. The summed E-state index contributed by atoms with van der Waals surface area (Å²) >= 11 is 1.82. The number of rotatable bonds is 8. The fraction of sp³-hybridized carbons (Fsp3) is 0.455. The van der Waals surface area contributed by atoms with E-state index in [9.17, 15) is 4.79 Å². The molecule has 2 aromatic rings. The highest BCUT2D eigenvalue weighted by molar-refractivity contribution is 7.09. The van der Waals surface area contributed by atoms with Crippen molar-refractivity contribution in [2.24, 2.45) is 4.99 Å². The van der Waals surface area contributed by atoms with Crippen LogP contribution < -0.4 is 15.4 Å². The number of benzene rings is 1. The van der Waals surface area contributed by atoms with Gasteiger partial charge < -0.3 is 20.3 Å². The van der Waals surface area contributed by atoms with Gasteiger partial charge in [0, 0.05) is 57.7 Å². The number of ether oxygens (including phenoxy) is 1. The molecule has 2 heterocycles. The molecule has 30 heavy (non-hydrogen) atoms. The summed E-state index contributed by atoms with van der Waals surface area (Å²) in [5, 5.41) is 8.32. The molecule has 0 bridgehead atoms. The molecule has 1 aromatic carbocycles. The number of thiophene rings is 1. The minimum absolute atomic E-state index is 0.0299. The standard InChI is InChI=1S/C22H31N5O2S/c1-3-24-21(28)17-29-19-7-4-6-18(14-19)15-25-22(23-2)27-11-9-26(10-12-27)16-20-8-5-13-30-20/h4-8,13-14H,3,9-12,15-17H2,1-2H3,(H,23,25)(H,24,28). The van der Waals surface area contributed by atoms with Crippen molar-refractivity contribution in [1.29, 1.82) is 0 Å². The van der Waals surface area contributed by atoms with Gasteiger partial charge in [0.25, 0.3) is 5.91 Å². The second-order valence-electron chi connectivity index (χ2n) is 7.13. The number of carbonyl (C=O) groups is 1. The molecule has 1 aliphatic heterocycles. The van der Waals surface area contributed by atoms with Crippen molar-refractivity contribution in [1.82, 2.24) is 20.4 Å². The molecule has 0 aliphatic carbocycles. The van der Waals surface area contributed by atoms with Crippen LogP contribution in [0.25, 0.3) is 0 Å². The van der Waals surface area contributed by atoms with E-state index < -0.39 is 0 Å². The normalized spacial score (nSPS) is 15.1. The lowest BCUT2D eigenvalue weighted by Gasteiger charge is -2.36. The van der Waals surface area contributed by atoms with Crippen LogP contribution in [0.1, 0.15) is 17.4 Å². The van der Waals surface area contributed by atoms with Crippen molar-refractivity contribution >= 4 is 23.2 Å². The van der Waals surface area contributed by atoms with Crippen molar-refractivity contribution in [3.05, 3.63) is 52.2 Å². The Bertz CT molecular complexity index is 817. The predicted molar refractivity (Wildman–Crippen MR) is 122 cm³/mol. The number of nitrogens with one attached hydrogen (secondary N) is 2. The Hall–Kier alpha value is -2.58. The third-order valence-electron chi connectivity index (χ3n) is 4.94. The van der Waals surface area contributed by atoms with Crippen LogP contribution in [0.5, 0.6) is 5.75 Å². The van der Waals surface area contributed by atoms with Crippen molar-refractivity contribution in [2.45, 2.75) is 20.0 Å². The molecule has 0 atom stereocenters. The first-order valence-corrected chi connectivity index (χ1v) is 11.2. The van der Waals surface area contributed by atoms with E-state index in [1.54, 1.807) is 0 Å². The smallest absolute Gasteiger partial charge is 0.257 e. The predicted octanol–water partition coefficient (Wildman–Crippen LogP) is 2.16. The highest BCUT2D eigenvalue weighted by Gasteiger charge is 2.19. The second-order valence-corrected chi connectivity index (χ2v) is 8.17. The average molecular weight is 430 g/mol. The largest absolute Gasteiger partial charge is 0.484 e. The zero-order valence-corrected chi connectivity index (χ0v) is 18.6. The molecular formula is C22H31N5O2S. The summed E-state index contributed by atoms with van der Waals surface area (Å²) < 4.78 is 5.58. The van der Waals surface area contributed by atoms with Crippen LogP contribution in [0, 0.1) is 0 Å². The Labute approximate surface area is 182 Å². The lowest BCUT2D eigenvalue weighted by Crippen LogP contribution is -2.51. The van der Waals surface area contributed by atoms with E-state index in [2.05, 4.69) is 42.9 Å². The summed E-state index contributed by atoms with van der Waals surface area (Å²) in [4.78, 5) is 22.2. The Morgan fingerprint density at radius 3 is 2.70 bits per heavy atom. The quantitative estimate of drug-likeness (QED) is 0.497. The lowest BCUT2D eigenvalue weighted by molar-refractivity contribution is -0.122. The SMILES string of the molecule is CCNC(=O)COc1cccc(CNC(=NC)N2CCN(Cc3cccs3)CC2)c1. The number of nitrogens with zero attached hydrogens (tertiary/aromatic N) is 3. The van der Waals surface area contributed by atoms with Crippen LogP contribution in [0.3, 0.4) is 0 Å². The van der Waals surface area contributed by atoms with E-state index >= 15 is 0 Å². The van der Waals surface area contributed by atoms with Gasteiger partial charge in [-0.15, -0.1) is 11.3 Å². The van der Waals surface area contributed by atoms with E-state index in [0.717, 1.165) is 44.2 Å². The molecule has 2 N–H and O–H groups in total. The number of likely N-dealkylation sites (N-methyl/N-ethyl adjacent to an activating group) is 1. The maximum absolute atomic E-state index is 11.6. The Morgan fingerprint density at radius 2 is 2.00 bits per heavy atom. The van der Waals surface area contributed by atoms with E-state index in [-0.39, 0.29) is 12.5 Å². The maximum atomic E-state index is 11.6. The van der Waals surface area contributed by atoms with Gasteiger partial charge in [0.1, 0.15) is 5.75 Å². The van der Waals surface area contributed by atoms with Crippen LogP contribution in [0.15, 0.2) is 46.8 Å². The van der Waals surface area contributed by atoms with Gasteiger partial charge in [0.05, 0.1) is 0 Å². The number of aliphatic imine (C=N–C) groups is 1. The highest BCUT2D eigenvalue weighted by atomic mass is 32.1. The molecule has 0 radical (unpaired) electrons. The summed E-state index contributed by atoms with van der Waals surface area (Å²) in [6.07, 6.45) is 0. The zero-order chi connectivity index (χ0) is 21.2. The van der Waals surface area contributed by atoms with Gasteiger partial charge in [-0.1, -0.05) is 18.2 Å². The van der Waals surface area contributed by atoms with Crippen LogP contribution in [0.4, 0.5) is 0 Å². The Morgan fingerprint density at radius 1 is 1.17 bits per heavy atom. The van der Waals surface area contributed by atoms with Gasteiger partial charge in [-0.3, -0.25) is 14.7 Å². The molecule has 1 amide bonds. The third-order valence-corrected chi connectivity index (χ3v) is 5.80. The fourth-order valence-corrected chi connectivity index (χ4v) is 4.14. The number of guanidine groups is 1. The van der Waals surface area contributed by atoms with Crippen molar-refractivity contribution < 1.29 is 9.53 Å². The molecule has 1 saturated heterocycles. The average Bonchev–Trinajstić information content (AvgIpc) is 3.27. The number of carbonyl (C=O) groups excluding carboxylic acids is 1. The van der Waals surface area contributed by atoms with E-state index in [1.807, 2.05) is 49.6 Å². The minimum atomic E-state index is -0.111. The van der Waals surface area contributed by atoms with E-state index in [1.165, 1.54) is 4.88 Å². The van der Waals surface area contributed by atoms with Crippen LogP contribution in [0.2, 0.25) is 0 Å². The molecule has 1 aromatic heterocycles. The summed E-state index contributed by atoms with van der Waals surface area (Å²) in [5.41, 5.74) is 1.08. The highest BCUT2D eigenvalue weighted by Crippen LogP contribution is 2.15. The molecule has 7 nitrogen and oxygen atoms in total. The number of hydrogen-bond donors (Lipinski definition) is 2. The first kappa shape index (κ1) is 22.1. The van der Waals surface area contributed by atoms with Crippen LogP contribution >= 0.6 is 11.3 Å². The summed E-state index contributed by atoms with van der Waals surface area (Å²) in [6.45, 7) is 8.18. The van der Waals surface area contributed by atoms with E-state index in [4.69, 9.17) is 4.74 Å². The lowest BCUT2D eigenvalue weighted by atomic mass is 10.2. The molecule has 8 heteroatoms. The first-order chi connectivity index (χ1) is 14.7. The first-order valence-electron chi connectivity index (χ1n) is 10.4. The number of hydrogen-bond acceptors (Lipinski definition) is 5. The molecule has 1 fully saturated rings. The molecular weight excluding hydrogens is 398 g/mol. The minimum Gasteiger partial charge on any atom is -0.484 e. The van der Waals surface area contributed by atoms with Crippen molar-refractivity contribution in [3.8, 4) is 5.75 Å². The topological polar surface area (TPSA) is 69.2 Å². The molecule has 3 rings (SSSR count). The van der Waals surface area contributed by atoms with Crippen molar-refractivity contribution in [3.63, 3.8) is 0 Å². The monoisotopic (exact) mass is 429 g/mol. The summed E-state index contributed by atoms with van der Waals surface area (Å²) in [5.74, 6) is 1.50. The van der Waals surface area contributed by atoms with Gasteiger partial charge in [-0.25, -0.2) is 0 Å². The summed E-state index contributed by atoms with van der Waals surface area (Å²) in [6, 6.07) is 12.1. The molecule has 0 spiro atoms. The van der Waals surface area contributed by atoms with Gasteiger partial charge in [-0.2, -0.15) is 0 Å². The van der Waals surface area contributed by atoms with Crippen LogP contribution in [-0.4, -0.2) is 68.0 Å². The molecule has 0 saturated carbocycles. The molecule has 1 aliphatic rings. The van der Waals surface area contributed by atoms with E-state index in [0.29, 0.717) is 18.8 Å². The van der Waals surface area contributed by atoms with Gasteiger partial charge in [0.2, 0.25) is 0 Å². The molecule has 0 unspecified atom stereocenters. The molecule has 162 valence electrons. The van der Waals surface area contributed by atoms with Gasteiger partial charge >= 0.3 is 0 Å². The third kappa shape index (κ3) is 6.74. The summed E-state index contributed by atoms with van der Waals surface area (Å²) in [7, 11) is 1.83. The van der Waals surface area contributed by atoms with Crippen LogP contribution in [-0.2, 0) is 17.9 Å². The Balaban J connectivity index is 1.45.